The lowest BCUT2D eigenvalue weighted by molar-refractivity contribution is -0.138. The Morgan fingerprint density at radius 1 is 1.53 bits per heavy atom. The summed E-state index contributed by atoms with van der Waals surface area (Å²) in [5.74, 6) is -1.49. The van der Waals surface area contributed by atoms with Crippen molar-refractivity contribution in [3.8, 4) is 0 Å². The molecular formula is C8H5ClF3N3O2. The third kappa shape index (κ3) is 3.99. The molecule has 1 heterocycles. The van der Waals surface area contributed by atoms with Gasteiger partial charge in [-0.3, -0.25) is 4.79 Å². The van der Waals surface area contributed by atoms with Crippen LogP contribution in [0.4, 0.5) is 19.0 Å². The van der Waals surface area contributed by atoms with Crippen LogP contribution in [0.3, 0.4) is 0 Å². The molecule has 0 saturated carbocycles. The number of hydrogen-bond acceptors (Lipinski definition) is 4. The van der Waals surface area contributed by atoms with E-state index in [0.29, 0.717) is 12.3 Å². The maximum atomic E-state index is 12.2. The summed E-state index contributed by atoms with van der Waals surface area (Å²) in [5, 5.41) is 14.4. The topological polar surface area (TPSA) is 74.9 Å². The first-order valence-corrected chi connectivity index (χ1v) is 4.50. The summed E-state index contributed by atoms with van der Waals surface area (Å²) in [6.07, 6.45) is -4.01. The van der Waals surface area contributed by atoms with Crippen LogP contribution in [0.5, 0.6) is 0 Å². The Morgan fingerprint density at radius 3 is 2.65 bits per heavy atom. The fourth-order valence-corrected chi connectivity index (χ4v) is 1.03. The molecule has 0 atom stereocenters. The number of carbonyl (C=O) groups is 1. The number of rotatable bonds is 3. The van der Waals surface area contributed by atoms with Crippen molar-refractivity contribution < 1.29 is 23.1 Å². The summed E-state index contributed by atoms with van der Waals surface area (Å²) >= 11 is 5.49. The van der Waals surface area contributed by atoms with Crippen molar-refractivity contribution in [3.63, 3.8) is 0 Å². The predicted molar refractivity (Wildman–Crippen MR) is 51.3 cm³/mol. The van der Waals surface area contributed by atoms with Gasteiger partial charge in [-0.25, -0.2) is 4.98 Å². The Labute approximate surface area is 97.9 Å². The van der Waals surface area contributed by atoms with Crippen LogP contribution in [0.15, 0.2) is 22.5 Å². The average molecular weight is 268 g/mol. The quantitative estimate of drug-likeness (QED) is 0.856. The Balaban J connectivity index is 2.91. The summed E-state index contributed by atoms with van der Waals surface area (Å²) in [6, 6.07) is 0.643. The number of carboxylic acids is 1. The molecule has 0 bridgehead atoms. The highest BCUT2D eigenvalue weighted by Gasteiger charge is 2.31. The normalized spacial score (nSPS) is 12.0. The lowest BCUT2D eigenvalue weighted by Crippen LogP contribution is -2.05. The Hall–Kier alpha value is -1.70. The van der Waals surface area contributed by atoms with Gasteiger partial charge in [-0.05, 0) is 6.07 Å². The molecule has 1 N–H and O–H groups in total. The first-order valence-electron chi connectivity index (χ1n) is 4.12. The number of aromatic nitrogens is 1. The van der Waals surface area contributed by atoms with E-state index in [4.69, 9.17) is 16.7 Å². The summed E-state index contributed by atoms with van der Waals surface area (Å²) in [7, 11) is 0. The van der Waals surface area contributed by atoms with Crippen molar-refractivity contribution in [1.29, 1.82) is 0 Å². The zero-order chi connectivity index (χ0) is 13.1. The molecule has 1 aromatic rings. The highest BCUT2D eigenvalue weighted by atomic mass is 35.5. The van der Waals surface area contributed by atoms with Gasteiger partial charge >= 0.3 is 12.1 Å². The number of pyridine rings is 1. The standard InChI is InChI=1S/C8H5ClF3N3O2/c9-5-1-4(8(10,11)12)2-13-7(5)15-14-3-6(16)17/h1-2H,3H2,(H,16,17). The summed E-state index contributed by atoms with van der Waals surface area (Å²) in [6.45, 7) is -0.612. The SMILES string of the molecule is O=C(O)CN=Nc1ncc(C(F)(F)F)cc1Cl. The van der Waals surface area contributed by atoms with E-state index >= 15 is 0 Å². The molecule has 1 aromatic heterocycles. The fraction of sp³-hybridized carbons (Fsp3) is 0.250. The first kappa shape index (κ1) is 13.4. The molecule has 0 amide bonds. The van der Waals surface area contributed by atoms with Crippen LogP contribution >= 0.6 is 11.6 Å². The largest absolute Gasteiger partial charge is 0.480 e. The lowest BCUT2D eigenvalue weighted by atomic mass is 10.3. The van der Waals surface area contributed by atoms with Gasteiger partial charge in [0.1, 0.15) is 0 Å². The van der Waals surface area contributed by atoms with E-state index in [1.54, 1.807) is 0 Å². The number of aliphatic carboxylic acids is 1. The van der Waals surface area contributed by atoms with Gasteiger partial charge in [0.15, 0.2) is 12.4 Å². The van der Waals surface area contributed by atoms with Crippen LogP contribution in [0.2, 0.25) is 5.02 Å². The number of nitrogens with zero attached hydrogens (tertiary/aromatic N) is 3. The molecule has 0 spiro atoms. The minimum absolute atomic E-state index is 0.263. The molecule has 17 heavy (non-hydrogen) atoms. The minimum atomic E-state index is -4.55. The van der Waals surface area contributed by atoms with Crippen LogP contribution in [-0.2, 0) is 11.0 Å². The number of azo groups is 1. The average Bonchev–Trinajstić information content (AvgIpc) is 2.18. The molecule has 0 radical (unpaired) electrons. The highest BCUT2D eigenvalue weighted by Crippen LogP contribution is 2.33. The van der Waals surface area contributed by atoms with Crippen LogP contribution in [0.25, 0.3) is 0 Å². The summed E-state index contributed by atoms with van der Waals surface area (Å²) in [5.41, 5.74) is -1.01. The van der Waals surface area contributed by atoms with Crippen molar-refractivity contribution in [2.24, 2.45) is 10.2 Å². The van der Waals surface area contributed by atoms with Gasteiger partial charge < -0.3 is 5.11 Å². The first-order chi connectivity index (χ1) is 7.80. The number of alkyl halides is 3. The van der Waals surface area contributed by atoms with Crippen LogP contribution in [-0.4, -0.2) is 22.6 Å². The maximum absolute atomic E-state index is 12.2. The molecule has 0 aliphatic heterocycles. The van der Waals surface area contributed by atoms with Crippen molar-refractivity contribution in [2.75, 3.05) is 6.54 Å². The molecule has 1 rings (SSSR count). The van der Waals surface area contributed by atoms with Crippen molar-refractivity contribution in [1.82, 2.24) is 4.98 Å². The fourth-order valence-electron chi connectivity index (χ4n) is 0.822. The van der Waals surface area contributed by atoms with Gasteiger partial charge in [-0.15, -0.1) is 5.11 Å². The number of carboxylic acid groups (broad SMARTS) is 1. The molecule has 0 aliphatic rings. The van der Waals surface area contributed by atoms with Crippen LogP contribution in [0.1, 0.15) is 5.56 Å². The van der Waals surface area contributed by atoms with Gasteiger partial charge in [0, 0.05) is 6.20 Å². The van der Waals surface area contributed by atoms with Crippen molar-refractivity contribution >= 4 is 23.4 Å². The summed E-state index contributed by atoms with van der Waals surface area (Å²) < 4.78 is 36.7. The highest BCUT2D eigenvalue weighted by molar-refractivity contribution is 6.32. The van der Waals surface area contributed by atoms with Crippen LogP contribution < -0.4 is 0 Å². The molecule has 0 aromatic carbocycles. The molecule has 5 nitrogen and oxygen atoms in total. The molecule has 9 heteroatoms. The van der Waals surface area contributed by atoms with Gasteiger partial charge in [0.2, 0.25) is 0 Å². The third-order valence-corrected chi connectivity index (χ3v) is 1.80. The number of hydrogen-bond donors (Lipinski definition) is 1. The van der Waals surface area contributed by atoms with E-state index in [9.17, 15) is 18.0 Å². The molecule has 92 valence electrons. The second-order valence-corrected chi connectivity index (χ2v) is 3.23. The second-order valence-electron chi connectivity index (χ2n) is 2.82. The predicted octanol–water partition coefficient (Wildman–Crippen LogP) is 2.92. The second kappa shape index (κ2) is 5.09. The van der Waals surface area contributed by atoms with Gasteiger partial charge in [-0.2, -0.15) is 18.3 Å². The smallest absolute Gasteiger partial charge is 0.417 e. The Kier molecular flexibility index (Phi) is 4.00. The van der Waals surface area contributed by atoms with Crippen molar-refractivity contribution in [2.45, 2.75) is 6.18 Å². The zero-order valence-electron chi connectivity index (χ0n) is 8.07. The van der Waals surface area contributed by atoms with Gasteiger partial charge in [-0.1, -0.05) is 11.6 Å². The monoisotopic (exact) mass is 267 g/mol. The lowest BCUT2D eigenvalue weighted by Gasteiger charge is -2.06. The van der Waals surface area contributed by atoms with E-state index in [-0.39, 0.29) is 10.8 Å². The van der Waals surface area contributed by atoms with Crippen molar-refractivity contribution in [3.05, 3.63) is 22.8 Å². The number of halogens is 4. The minimum Gasteiger partial charge on any atom is -0.480 e. The Bertz CT molecular complexity index is 462. The van der Waals surface area contributed by atoms with Gasteiger partial charge in [0.25, 0.3) is 0 Å². The third-order valence-electron chi connectivity index (χ3n) is 1.52. The van der Waals surface area contributed by atoms with E-state index < -0.39 is 24.3 Å². The van der Waals surface area contributed by atoms with Gasteiger partial charge in [0.05, 0.1) is 10.6 Å². The molecular weight excluding hydrogens is 263 g/mol. The maximum Gasteiger partial charge on any atom is 0.417 e. The van der Waals surface area contributed by atoms with E-state index in [1.807, 2.05) is 0 Å². The van der Waals surface area contributed by atoms with Crippen LogP contribution in [0, 0.1) is 0 Å². The van der Waals surface area contributed by atoms with E-state index in [0.717, 1.165) is 0 Å². The Morgan fingerprint density at radius 2 is 2.18 bits per heavy atom. The molecule has 0 saturated heterocycles. The zero-order valence-corrected chi connectivity index (χ0v) is 8.83. The molecule has 0 unspecified atom stereocenters. The van der Waals surface area contributed by atoms with E-state index in [1.165, 1.54) is 0 Å². The summed E-state index contributed by atoms with van der Waals surface area (Å²) in [4.78, 5) is 13.4. The molecule has 0 aliphatic carbocycles. The molecule has 0 fully saturated rings. The van der Waals surface area contributed by atoms with E-state index in [2.05, 4.69) is 15.2 Å².